The van der Waals surface area contributed by atoms with Crippen LogP contribution in [0, 0.1) is 5.92 Å². The summed E-state index contributed by atoms with van der Waals surface area (Å²) in [5, 5.41) is 9.26. The lowest BCUT2D eigenvalue weighted by molar-refractivity contribution is -0.145. The Morgan fingerprint density at radius 2 is 2.30 bits per heavy atom. The first-order chi connectivity index (χ1) is 9.61. The van der Waals surface area contributed by atoms with E-state index >= 15 is 0 Å². The van der Waals surface area contributed by atoms with Gasteiger partial charge in [0.1, 0.15) is 5.75 Å². The molecular weight excluding hydrogens is 254 g/mol. The number of likely N-dealkylation sites (tertiary alicyclic amines) is 1. The highest BCUT2D eigenvalue weighted by atomic mass is 16.5. The molecule has 1 aromatic carbocycles. The minimum Gasteiger partial charge on any atom is -0.494 e. The Morgan fingerprint density at radius 3 is 3.00 bits per heavy atom. The van der Waals surface area contributed by atoms with Crippen LogP contribution in [-0.2, 0) is 11.3 Å². The lowest BCUT2D eigenvalue weighted by atomic mass is 9.90. The van der Waals surface area contributed by atoms with Gasteiger partial charge in [-0.3, -0.25) is 9.69 Å². The van der Waals surface area contributed by atoms with E-state index < -0.39 is 5.97 Å². The average molecular weight is 277 g/mol. The van der Waals surface area contributed by atoms with Crippen LogP contribution in [0.2, 0.25) is 0 Å². The smallest absolute Gasteiger partial charge is 0.308 e. The Labute approximate surface area is 120 Å². The number of benzene rings is 1. The molecule has 1 N–H and O–H groups in total. The first-order valence-corrected chi connectivity index (χ1v) is 7.30. The number of rotatable bonds is 5. The molecule has 0 aliphatic carbocycles. The number of piperidine rings is 1. The molecule has 2 rings (SSSR count). The average Bonchev–Trinajstić information content (AvgIpc) is 2.42. The maximum absolute atomic E-state index is 11.3. The van der Waals surface area contributed by atoms with E-state index in [4.69, 9.17) is 4.74 Å². The first-order valence-electron chi connectivity index (χ1n) is 7.30. The van der Waals surface area contributed by atoms with E-state index in [9.17, 15) is 9.90 Å². The minimum absolute atomic E-state index is 0.0806. The summed E-state index contributed by atoms with van der Waals surface area (Å²) in [6.07, 6.45) is 1.73. The molecule has 0 unspecified atom stereocenters. The number of ether oxygens (including phenoxy) is 1. The lowest BCUT2D eigenvalue weighted by Gasteiger charge is -2.37. The van der Waals surface area contributed by atoms with Crippen molar-refractivity contribution in [3.63, 3.8) is 0 Å². The Bertz CT molecular complexity index is 461. The normalized spacial score (nSPS) is 23.5. The van der Waals surface area contributed by atoms with Crippen LogP contribution >= 0.6 is 0 Å². The summed E-state index contributed by atoms with van der Waals surface area (Å²) in [5.41, 5.74) is 1.17. The van der Waals surface area contributed by atoms with Crippen molar-refractivity contribution in [1.29, 1.82) is 0 Å². The fourth-order valence-corrected chi connectivity index (χ4v) is 2.90. The topological polar surface area (TPSA) is 49.8 Å². The molecule has 1 saturated heterocycles. The van der Waals surface area contributed by atoms with Gasteiger partial charge in [0.25, 0.3) is 0 Å². The summed E-state index contributed by atoms with van der Waals surface area (Å²) < 4.78 is 5.51. The number of aliphatic carboxylic acids is 1. The molecule has 0 amide bonds. The van der Waals surface area contributed by atoms with Crippen molar-refractivity contribution < 1.29 is 14.6 Å². The Balaban J connectivity index is 2.05. The number of hydrogen-bond donors (Lipinski definition) is 1. The van der Waals surface area contributed by atoms with E-state index in [-0.39, 0.29) is 12.0 Å². The summed E-state index contributed by atoms with van der Waals surface area (Å²) in [7, 11) is 0. The molecule has 0 radical (unpaired) electrons. The van der Waals surface area contributed by atoms with Gasteiger partial charge in [0.05, 0.1) is 12.5 Å². The lowest BCUT2D eigenvalue weighted by Crippen LogP contribution is -2.45. The van der Waals surface area contributed by atoms with Crippen LogP contribution in [-0.4, -0.2) is 35.2 Å². The van der Waals surface area contributed by atoms with E-state index in [1.54, 1.807) is 0 Å². The van der Waals surface area contributed by atoms with Gasteiger partial charge in [-0.05, 0) is 50.9 Å². The molecule has 2 atom stereocenters. The van der Waals surface area contributed by atoms with Gasteiger partial charge in [-0.25, -0.2) is 0 Å². The monoisotopic (exact) mass is 277 g/mol. The van der Waals surface area contributed by atoms with Gasteiger partial charge in [-0.2, -0.15) is 0 Å². The van der Waals surface area contributed by atoms with Gasteiger partial charge in [0.15, 0.2) is 0 Å². The minimum atomic E-state index is -0.676. The van der Waals surface area contributed by atoms with Crippen LogP contribution < -0.4 is 4.74 Å². The number of carboxylic acid groups (broad SMARTS) is 1. The zero-order chi connectivity index (χ0) is 14.5. The van der Waals surface area contributed by atoms with E-state index in [1.807, 2.05) is 32.0 Å². The van der Waals surface area contributed by atoms with Crippen molar-refractivity contribution in [1.82, 2.24) is 4.90 Å². The molecule has 110 valence electrons. The van der Waals surface area contributed by atoms with E-state index in [0.29, 0.717) is 6.61 Å². The number of hydrogen-bond acceptors (Lipinski definition) is 3. The van der Waals surface area contributed by atoms with Gasteiger partial charge in [0, 0.05) is 12.6 Å². The second-order valence-electron chi connectivity index (χ2n) is 5.38. The third kappa shape index (κ3) is 3.51. The predicted octanol–water partition coefficient (Wildman–Crippen LogP) is 2.77. The summed E-state index contributed by atoms with van der Waals surface area (Å²) in [5.74, 6) is -0.0476. The Hall–Kier alpha value is -1.55. The molecule has 1 fully saturated rings. The second-order valence-corrected chi connectivity index (χ2v) is 5.38. The van der Waals surface area contributed by atoms with Gasteiger partial charge in [-0.15, -0.1) is 0 Å². The van der Waals surface area contributed by atoms with Crippen molar-refractivity contribution >= 4 is 5.97 Å². The highest BCUT2D eigenvalue weighted by molar-refractivity contribution is 5.70. The summed E-state index contributed by atoms with van der Waals surface area (Å²) in [4.78, 5) is 13.5. The highest BCUT2D eigenvalue weighted by Gasteiger charge is 2.32. The Morgan fingerprint density at radius 1 is 1.50 bits per heavy atom. The van der Waals surface area contributed by atoms with Gasteiger partial charge in [0.2, 0.25) is 0 Å². The molecule has 0 spiro atoms. The fraction of sp³-hybridized carbons (Fsp3) is 0.562. The van der Waals surface area contributed by atoms with Crippen LogP contribution in [0.25, 0.3) is 0 Å². The Kier molecular flexibility index (Phi) is 5.01. The zero-order valence-corrected chi connectivity index (χ0v) is 12.2. The number of carbonyl (C=O) groups is 1. The highest BCUT2D eigenvalue weighted by Crippen LogP contribution is 2.26. The summed E-state index contributed by atoms with van der Waals surface area (Å²) in [6.45, 7) is 6.39. The predicted molar refractivity (Wildman–Crippen MR) is 77.8 cm³/mol. The van der Waals surface area contributed by atoms with Gasteiger partial charge >= 0.3 is 5.97 Å². The SMILES string of the molecule is CCOc1cccc(CN2CCC[C@H](C(=O)O)[C@@H]2C)c1. The fourth-order valence-electron chi connectivity index (χ4n) is 2.90. The molecule has 4 nitrogen and oxygen atoms in total. The molecule has 1 aliphatic heterocycles. The van der Waals surface area contributed by atoms with Crippen molar-refractivity contribution in [3.8, 4) is 5.75 Å². The maximum atomic E-state index is 11.3. The third-order valence-electron chi connectivity index (χ3n) is 4.03. The number of nitrogens with zero attached hydrogens (tertiary/aromatic N) is 1. The van der Waals surface area contributed by atoms with E-state index in [2.05, 4.69) is 11.0 Å². The number of carboxylic acids is 1. The molecule has 1 aromatic rings. The van der Waals surface area contributed by atoms with Crippen molar-refractivity contribution in [2.45, 2.75) is 39.3 Å². The summed E-state index contributed by atoms with van der Waals surface area (Å²) in [6, 6.07) is 8.13. The molecular formula is C16H23NO3. The van der Waals surface area contributed by atoms with Gasteiger partial charge < -0.3 is 9.84 Å². The molecule has 1 heterocycles. The van der Waals surface area contributed by atoms with Crippen molar-refractivity contribution in [2.75, 3.05) is 13.2 Å². The van der Waals surface area contributed by atoms with Crippen molar-refractivity contribution in [2.24, 2.45) is 5.92 Å². The second kappa shape index (κ2) is 6.75. The van der Waals surface area contributed by atoms with Crippen LogP contribution in [0.15, 0.2) is 24.3 Å². The van der Waals surface area contributed by atoms with E-state index in [0.717, 1.165) is 31.7 Å². The maximum Gasteiger partial charge on any atom is 0.308 e. The standard InChI is InChI=1S/C16H23NO3/c1-3-20-14-7-4-6-13(10-14)11-17-9-5-8-15(12(17)2)16(18)19/h4,6-7,10,12,15H,3,5,8-9,11H2,1-2H3,(H,18,19)/t12-,15-/m0/s1. The summed E-state index contributed by atoms with van der Waals surface area (Å²) >= 11 is 0. The molecule has 0 bridgehead atoms. The van der Waals surface area contributed by atoms with Gasteiger partial charge in [-0.1, -0.05) is 12.1 Å². The molecule has 1 aliphatic rings. The molecule has 4 heteroatoms. The zero-order valence-electron chi connectivity index (χ0n) is 12.2. The molecule has 0 saturated carbocycles. The first kappa shape index (κ1) is 14.9. The third-order valence-corrected chi connectivity index (χ3v) is 4.03. The molecule has 20 heavy (non-hydrogen) atoms. The van der Waals surface area contributed by atoms with Crippen molar-refractivity contribution in [3.05, 3.63) is 29.8 Å². The molecule has 0 aromatic heterocycles. The largest absolute Gasteiger partial charge is 0.494 e. The van der Waals surface area contributed by atoms with Crippen LogP contribution in [0.5, 0.6) is 5.75 Å². The quantitative estimate of drug-likeness (QED) is 0.899. The van der Waals surface area contributed by atoms with Crippen LogP contribution in [0.4, 0.5) is 0 Å². The van der Waals surface area contributed by atoms with Crippen LogP contribution in [0.3, 0.4) is 0 Å². The van der Waals surface area contributed by atoms with E-state index in [1.165, 1.54) is 5.56 Å². The van der Waals surface area contributed by atoms with Crippen LogP contribution in [0.1, 0.15) is 32.3 Å².